The van der Waals surface area contributed by atoms with E-state index in [1.165, 1.54) is 53.5 Å². The van der Waals surface area contributed by atoms with Gasteiger partial charge in [0.05, 0.1) is 23.4 Å². The lowest BCUT2D eigenvalue weighted by Gasteiger charge is -2.39. The summed E-state index contributed by atoms with van der Waals surface area (Å²) in [5.74, 6) is -4.47. The molecule has 13 heteroatoms. The zero-order valence-electron chi connectivity index (χ0n) is 22.7. The summed E-state index contributed by atoms with van der Waals surface area (Å²) in [6.45, 7) is 0.0447. The van der Waals surface area contributed by atoms with Crippen LogP contribution in [0.5, 0.6) is 0 Å². The number of carbonyl (C=O) groups is 4. The van der Waals surface area contributed by atoms with Crippen molar-refractivity contribution >= 4 is 46.9 Å². The molecule has 2 aromatic heterocycles. The van der Waals surface area contributed by atoms with Crippen molar-refractivity contribution in [1.82, 2.24) is 15.0 Å². The van der Waals surface area contributed by atoms with Gasteiger partial charge in [-0.3, -0.25) is 9.91 Å². The highest BCUT2D eigenvalue weighted by Gasteiger charge is 2.26. The molecule has 0 amide bonds. The average molecular weight is 594 g/mol. The molecule has 220 valence electrons. The fourth-order valence-corrected chi connectivity index (χ4v) is 4.54. The third-order valence-electron chi connectivity index (χ3n) is 6.46. The number of aromatic carboxylic acids is 4. The fourth-order valence-electron chi connectivity index (χ4n) is 4.54. The lowest BCUT2D eigenvalue weighted by molar-refractivity contribution is 0.0680. The number of hydrazine groups is 1. The third-order valence-corrected chi connectivity index (χ3v) is 6.46. The maximum absolute atomic E-state index is 11.8. The van der Waals surface area contributed by atoms with Gasteiger partial charge in [0.25, 0.3) is 0 Å². The Morgan fingerprint density at radius 2 is 1.16 bits per heavy atom. The minimum atomic E-state index is -1.25. The van der Waals surface area contributed by atoms with Gasteiger partial charge in [-0.1, -0.05) is 24.3 Å². The lowest BCUT2D eigenvalue weighted by atomic mass is 10.1. The van der Waals surface area contributed by atoms with Crippen molar-refractivity contribution in [3.05, 3.63) is 131 Å². The SMILES string of the molecule is O=C(O)c1cccc(N(C2=CC=CN(N(c3cccc(C(=O)O)c3)c3cccc(C(=O)O)n3)C2)c2cccc(C(=O)O)n2)c1. The largest absolute Gasteiger partial charge is 0.478 e. The van der Waals surface area contributed by atoms with Crippen LogP contribution in [0.2, 0.25) is 0 Å². The van der Waals surface area contributed by atoms with E-state index >= 15 is 0 Å². The van der Waals surface area contributed by atoms with E-state index in [2.05, 4.69) is 9.97 Å². The van der Waals surface area contributed by atoms with Gasteiger partial charge in [0, 0.05) is 17.6 Å². The second-order valence-corrected chi connectivity index (χ2v) is 9.33. The molecule has 0 spiro atoms. The van der Waals surface area contributed by atoms with Crippen LogP contribution < -0.4 is 9.91 Å². The molecule has 0 bridgehead atoms. The smallest absolute Gasteiger partial charge is 0.354 e. The number of hydrogen-bond donors (Lipinski definition) is 4. The molecule has 2 aromatic carbocycles. The van der Waals surface area contributed by atoms with Crippen LogP contribution in [0.3, 0.4) is 0 Å². The van der Waals surface area contributed by atoms with Crippen molar-refractivity contribution in [2.24, 2.45) is 0 Å². The van der Waals surface area contributed by atoms with E-state index in [9.17, 15) is 39.6 Å². The monoisotopic (exact) mass is 593 g/mol. The normalized spacial score (nSPS) is 12.3. The first-order chi connectivity index (χ1) is 21.1. The van der Waals surface area contributed by atoms with Crippen LogP contribution in [0.1, 0.15) is 41.7 Å². The minimum absolute atomic E-state index is 0.00695. The third kappa shape index (κ3) is 6.06. The van der Waals surface area contributed by atoms with Gasteiger partial charge >= 0.3 is 23.9 Å². The molecule has 4 N–H and O–H groups in total. The number of allylic oxidation sites excluding steroid dienone is 2. The molecule has 4 aromatic rings. The highest BCUT2D eigenvalue weighted by Crippen LogP contribution is 2.34. The highest BCUT2D eigenvalue weighted by atomic mass is 16.4. The molecule has 5 rings (SSSR count). The molecule has 13 nitrogen and oxygen atoms in total. The van der Waals surface area contributed by atoms with Crippen LogP contribution in [0.15, 0.2) is 109 Å². The number of benzene rings is 2. The molecule has 0 saturated heterocycles. The van der Waals surface area contributed by atoms with E-state index in [0.717, 1.165) is 0 Å². The summed E-state index contributed by atoms with van der Waals surface area (Å²) in [4.78, 5) is 57.2. The topological polar surface area (TPSA) is 185 Å². The molecule has 3 heterocycles. The van der Waals surface area contributed by atoms with E-state index in [4.69, 9.17) is 0 Å². The zero-order valence-corrected chi connectivity index (χ0v) is 22.7. The van der Waals surface area contributed by atoms with Crippen LogP contribution in [0.25, 0.3) is 0 Å². The number of carboxylic acid groups (broad SMARTS) is 4. The van der Waals surface area contributed by atoms with Crippen molar-refractivity contribution < 1.29 is 39.6 Å². The molecular formula is C31H23N5O8. The Bertz CT molecular complexity index is 1740. The van der Waals surface area contributed by atoms with Gasteiger partial charge in [0.1, 0.15) is 5.82 Å². The van der Waals surface area contributed by atoms with Crippen LogP contribution in [0, 0.1) is 0 Å². The molecule has 0 saturated carbocycles. The standard InChI is InChI=1S/C31H23N5O8/c37-28(38)19-6-1-8-21(16-19)35(26-13-3-11-24(32-26)30(41)42)23-10-5-15-34(18-23)36(22-9-2-7-20(17-22)29(39)40)27-14-4-12-25(33-27)31(43)44/h1-17H,18H2,(H,37,38)(H,39,40)(H,41,42)(H,43,44). The maximum Gasteiger partial charge on any atom is 0.354 e. The van der Waals surface area contributed by atoms with Crippen LogP contribution in [-0.2, 0) is 0 Å². The summed E-state index contributed by atoms with van der Waals surface area (Å²) < 4.78 is 0. The molecular weight excluding hydrogens is 570 g/mol. The van der Waals surface area contributed by atoms with Crippen LogP contribution >= 0.6 is 0 Å². The average Bonchev–Trinajstić information content (AvgIpc) is 3.02. The predicted molar refractivity (Wildman–Crippen MR) is 157 cm³/mol. The molecule has 44 heavy (non-hydrogen) atoms. The zero-order chi connectivity index (χ0) is 31.4. The molecule has 0 aliphatic carbocycles. The summed E-state index contributed by atoms with van der Waals surface area (Å²) in [5.41, 5.74) is 0.767. The number of aromatic nitrogens is 2. The second-order valence-electron chi connectivity index (χ2n) is 9.33. The summed E-state index contributed by atoms with van der Waals surface area (Å²) in [6, 6.07) is 20.9. The number of carboxylic acids is 4. The Hall–Kier alpha value is -6.50. The van der Waals surface area contributed by atoms with Gasteiger partial charge < -0.3 is 20.4 Å². The van der Waals surface area contributed by atoms with Gasteiger partial charge in [0.15, 0.2) is 17.2 Å². The number of anilines is 4. The Morgan fingerprint density at radius 1 is 0.636 bits per heavy atom. The maximum atomic E-state index is 11.8. The van der Waals surface area contributed by atoms with Gasteiger partial charge in [-0.25, -0.2) is 34.2 Å². The van der Waals surface area contributed by atoms with Crippen molar-refractivity contribution in [2.75, 3.05) is 16.5 Å². The van der Waals surface area contributed by atoms with Gasteiger partial charge in [-0.05, 0) is 72.8 Å². The molecule has 0 fully saturated rings. The first-order valence-electron chi connectivity index (χ1n) is 12.9. The van der Waals surface area contributed by atoms with Crippen molar-refractivity contribution in [3.63, 3.8) is 0 Å². The minimum Gasteiger partial charge on any atom is -0.478 e. The molecule has 1 aliphatic heterocycles. The Labute approximate surface area is 249 Å². The Kier molecular flexibility index (Phi) is 8.02. The van der Waals surface area contributed by atoms with Gasteiger partial charge in [0.2, 0.25) is 0 Å². The van der Waals surface area contributed by atoms with E-state index < -0.39 is 23.9 Å². The first-order valence-corrected chi connectivity index (χ1v) is 12.9. The fraction of sp³-hybridized carbons (Fsp3) is 0.0323. The summed E-state index contributed by atoms with van der Waals surface area (Å²) in [5, 5.41) is 41.6. The Morgan fingerprint density at radius 3 is 1.75 bits per heavy atom. The first kappa shape index (κ1) is 29.0. The van der Waals surface area contributed by atoms with Crippen molar-refractivity contribution in [2.45, 2.75) is 0 Å². The number of rotatable bonds is 10. The van der Waals surface area contributed by atoms with Gasteiger partial charge in [-0.2, -0.15) is 0 Å². The summed E-state index contributed by atoms with van der Waals surface area (Å²) in [6.07, 6.45) is 5.06. The quantitative estimate of drug-likeness (QED) is 0.195. The number of hydrogen-bond acceptors (Lipinski definition) is 9. The molecule has 0 atom stereocenters. The van der Waals surface area contributed by atoms with E-state index in [0.29, 0.717) is 17.1 Å². The predicted octanol–water partition coefficient (Wildman–Crippen LogP) is 4.87. The van der Waals surface area contributed by atoms with E-state index in [1.54, 1.807) is 64.7 Å². The highest BCUT2D eigenvalue weighted by molar-refractivity contribution is 5.91. The molecule has 0 radical (unpaired) electrons. The Balaban J connectivity index is 1.63. The number of nitrogens with zero attached hydrogens (tertiary/aromatic N) is 5. The lowest BCUT2D eigenvalue weighted by Crippen LogP contribution is -2.41. The molecule has 1 aliphatic rings. The summed E-state index contributed by atoms with van der Waals surface area (Å²) in [7, 11) is 0. The summed E-state index contributed by atoms with van der Waals surface area (Å²) >= 11 is 0. The molecule has 0 unspecified atom stereocenters. The number of pyridine rings is 2. The van der Waals surface area contributed by atoms with Crippen molar-refractivity contribution in [1.29, 1.82) is 0 Å². The second kappa shape index (κ2) is 12.2. The van der Waals surface area contributed by atoms with Gasteiger partial charge in [-0.15, -0.1) is 0 Å². The van der Waals surface area contributed by atoms with E-state index in [1.807, 2.05) is 0 Å². The van der Waals surface area contributed by atoms with Crippen molar-refractivity contribution in [3.8, 4) is 0 Å². The van der Waals surface area contributed by atoms with E-state index in [-0.39, 0.29) is 40.7 Å². The van der Waals surface area contributed by atoms with Crippen LogP contribution in [0.4, 0.5) is 23.0 Å². The van der Waals surface area contributed by atoms with Crippen LogP contribution in [-0.4, -0.2) is 65.8 Å².